The number of aliphatic carboxylic acids is 1. The smallest absolute Gasteiger partial charge is 0.326 e. The van der Waals surface area contributed by atoms with E-state index in [4.69, 9.17) is 5.11 Å². The molecule has 116 valence electrons. The van der Waals surface area contributed by atoms with Crippen LogP contribution in [0.15, 0.2) is 0 Å². The Hall–Kier alpha value is -1.30. The van der Waals surface area contributed by atoms with Crippen LogP contribution < -0.4 is 10.6 Å². The zero-order valence-electron chi connectivity index (χ0n) is 12.3. The van der Waals surface area contributed by atoms with Crippen molar-refractivity contribution in [1.29, 1.82) is 0 Å². The van der Waals surface area contributed by atoms with Crippen molar-refractivity contribution < 1.29 is 19.8 Å². The van der Waals surface area contributed by atoms with E-state index >= 15 is 0 Å². The van der Waals surface area contributed by atoms with Gasteiger partial charge in [-0.25, -0.2) is 9.59 Å². The first kappa shape index (κ1) is 16.8. The Bertz CT molecular complexity index is 333. The Morgan fingerprint density at radius 2 is 1.85 bits per heavy atom. The maximum absolute atomic E-state index is 11.9. The summed E-state index contributed by atoms with van der Waals surface area (Å²) < 4.78 is 0. The second kappa shape index (κ2) is 8.09. The van der Waals surface area contributed by atoms with Crippen LogP contribution in [-0.2, 0) is 4.79 Å². The maximum atomic E-state index is 11.9. The molecule has 0 heterocycles. The zero-order chi connectivity index (χ0) is 15.1. The average Bonchev–Trinajstić information content (AvgIpc) is 2.53. The van der Waals surface area contributed by atoms with Gasteiger partial charge in [0.1, 0.15) is 6.04 Å². The fourth-order valence-electron chi connectivity index (χ4n) is 2.52. The number of carbonyl (C=O) groups is 2. The summed E-state index contributed by atoms with van der Waals surface area (Å²) in [7, 11) is 0. The Balaban J connectivity index is 2.49. The highest BCUT2D eigenvalue weighted by Gasteiger charge is 2.26. The minimum Gasteiger partial charge on any atom is -0.480 e. The summed E-state index contributed by atoms with van der Waals surface area (Å²) in [5, 5.41) is 24.2. The molecule has 1 fully saturated rings. The highest BCUT2D eigenvalue weighted by molar-refractivity contribution is 5.82. The molecule has 0 saturated heterocycles. The number of aliphatic hydroxyl groups is 1. The number of nitrogens with one attached hydrogen (secondary N) is 2. The summed E-state index contributed by atoms with van der Waals surface area (Å²) in [5.74, 6) is -0.852. The van der Waals surface area contributed by atoms with Crippen molar-refractivity contribution in [2.45, 2.75) is 70.6 Å². The van der Waals surface area contributed by atoms with Crippen molar-refractivity contribution in [1.82, 2.24) is 10.6 Å². The van der Waals surface area contributed by atoms with Crippen molar-refractivity contribution in [3.05, 3.63) is 0 Å². The SMILES string of the molecule is CC(C)C[C@H](NC(=O)NC1CCCCCC1O)C(=O)O. The number of urea groups is 1. The highest BCUT2D eigenvalue weighted by Crippen LogP contribution is 2.18. The Morgan fingerprint density at radius 3 is 2.45 bits per heavy atom. The second-order valence-electron chi connectivity index (χ2n) is 5.95. The van der Waals surface area contributed by atoms with Gasteiger partial charge in [0.2, 0.25) is 0 Å². The van der Waals surface area contributed by atoms with Crippen molar-refractivity contribution in [3.8, 4) is 0 Å². The summed E-state index contributed by atoms with van der Waals surface area (Å²) in [6.45, 7) is 3.81. The second-order valence-corrected chi connectivity index (χ2v) is 5.95. The number of aliphatic hydroxyl groups excluding tert-OH is 1. The van der Waals surface area contributed by atoms with Crippen LogP contribution >= 0.6 is 0 Å². The van der Waals surface area contributed by atoms with Gasteiger partial charge in [0.25, 0.3) is 0 Å². The van der Waals surface area contributed by atoms with Crippen molar-refractivity contribution in [2.24, 2.45) is 5.92 Å². The molecule has 0 radical (unpaired) electrons. The van der Waals surface area contributed by atoms with Gasteiger partial charge in [0, 0.05) is 0 Å². The van der Waals surface area contributed by atoms with Gasteiger partial charge in [0.15, 0.2) is 0 Å². The fourth-order valence-corrected chi connectivity index (χ4v) is 2.52. The number of carboxylic acids is 1. The van der Waals surface area contributed by atoms with E-state index in [0.29, 0.717) is 12.8 Å². The normalized spacial score (nSPS) is 24.8. The van der Waals surface area contributed by atoms with Crippen LogP contribution in [0.25, 0.3) is 0 Å². The summed E-state index contributed by atoms with van der Waals surface area (Å²) in [5.41, 5.74) is 0. The molecular formula is C14H26N2O4. The lowest BCUT2D eigenvalue weighted by Crippen LogP contribution is -2.52. The molecule has 1 saturated carbocycles. The lowest BCUT2D eigenvalue weighted by Gasteiger charge is -2.23. The van der Waals surface area contributed by atoms with Crippen LogP contribution in [-0.4, -0.2) is 40.4 Å². The molecule has 4 N–H and O–H groups in total. The summed E-state index contributed by atoms with van der Waals surface area (Å²) >= 11 is 0. The molecule has 1 aliphatic carbocycles. The van der Waals surface area contributed by atoms with E-state index < -0.39 is 24.1 Å². The van der Waals surface area contributed by atoms with Crippen molar-refractivity contribution >= 4 is 12.0 Å². The third-order valence-corrected chi connectivity index (χ3v) is 3.61. The van der Waals surface area contributed by atoms with Gasteiger partial charge >= 0.3 is 12.0 Å². The van der Waals surface area contributed by atoms with Gasteiger partial charge in [0.05, 0.1) is 12.1 Å². The third-order valence-electron chi connectivity index (χ3n) is 3.61. The number of amides is 2. The molecule has 20 heavy (non-hydrogen) atoms. The summed E-state index contributed by atoms with van der Waals surface area (Å²) in [6, 6.07) is -1.69. The largest absolute Gasteiger partial charge is 0.480 e. The van der Waals surface area contributed by atoms with E-state index in [0.717, 1.165) is 25.7 Å². The summed E-state index contributed by atoms with van der Waals surface area (Å²) in [6.07, 6.45) is 4.24. The molecule has 1 rings (SSSR count). The third kappa shape index (κ3) is 5.77. The fraction of sp³-hybridized carbons (Fsp3) is 0.857. The quantitative estimate of drug-likeness (QED) is 0.575. The lowest BCUT2D eigenvalue weighted by atomic mass is 10.0. The molecule has 6 nitrogen and oxygen atoms in total. The molecule has 6 heteroatoms. The molecule has 0 aliphatic heterocycles. The van der Waals surface area contributed by atoms with Crippen molar-refractivity contribution in [3.63, 3.8) is 0 Å². The zero-order valence-corrected chi connectivity index (χ0v) is 12.3. The summed E-state index contributed by atoms with van der Waals surface area (Å²) in [4.78, 5) is 23.0. The molecule has 3 atom stereocenters. The number of hydrogen-bond donors (Lipinski definition) is 4. The van der Waals surface area contributed by atoms with Gasteiger partial charge in [-0.2, -0.15) is 0 Å². The number of rotatable bonds is 5. The van der Waals surface area contributed by atoms with Gasteiger partial charge in [-0.1, -0.05) is 33.1 Å². The first-order valence-electron chi connectivity index (χ1n) is 7.38. The predicted molar refractivity (Wildman–Crippen MR) is 75.4 cm³/mol. The molecule has 0 aromatic heterocycles. The molecular weight excluding hydrogens is 260 g/mol. The lowest BCUT2D eigenvalue weighted by molar-refractivity contribution is -0.139. The van der Waals surface area contributed by atoms with Gasteiger partial charge in [-0.15, -0.1) is 0 Å². The number of carbonyl (C=O) groups excluding carboxylic acids is 1. The van der Waals surface area contributed by atoms with E-state index in [1.165, 1.54) is 0 Å². The van der Waals surface area contributed by atoms with Crippen LogP contribution in [0.2, 0.25) is 0 Å². The topological polar surface area (TPSA) is 98.7 Å². The maximum Gasteiger partial charge on any atom is 0.326 e. The first-order valence-corrected chi connectivity index (χ1v) is 7.38. The van der Waals surface area contributed by atoms with Gasteiger partial charge in [-0.3, -0.25) is 0 Å². The molecule has 2 unspecified atom stereocenters. The molecule has 0 aromatic rings. The average molecular weight is 286 g/mol. The number of carboxylic acid groups (broad SMARTS) is 1. The van der Waals surface area contributed by atoms with E-state index in [1.54, 1.807) is 0 Å². The van der Waals surface area contributed by atoms with E-state index in [2.05, 4.69) is 10.6 Å². The van der Waals surface area contributed by atoms with Crippen molar-refractivity contribution in [2.75, 3.05) is 0 Å². The molecule has 0 aromatic carbocycles. The van der Waals surface area contributed by atoms with Crippen LogP contribution in [0, 0.1) is 5.92 Å². The van der Waals surface area contributed by atoms with Crippen LogP contribution in [0.3, 0.4) is 0 Å². The van der Waals surface area contributed by atoms with Crippen LogP contribution in [0.4, 0.5) is 4.79 Å². The van der Waals surface area contributed by atoms with Gasteiger partial charge < -0.3 is 20.8 Å². The minimum absolute atomic E-state index is 0.180. The predicted octanol–water partition coefficient (Wildman–Crippen LogP) is 1.48. The van der Waals surface area contributed by atoms with Crippen LogP contribution in [0.1, 0.15) is 52.4 Å². The monoisotopic (exact) mass is 286 g/mol. The highest BCUT2D eigenvalue weighted by atomic mass is 16.4. The minimum atomic E-state index is -1.03. The molecule has 1 aliphatic rings. The Labute approximate surface area is 119 Å². The Kier molecular flexibility index (Phi) is 6.78. The first-order chi connectivity index (χ1) is 9.40. The van der Waals surface area contributed by atoms with E-state index in [9.17, 15) is 14.7 Å². The molecule has 2 amide bonds. The van der Waals surface area contributed by atoms with E-state index in [-0.39, 0.29) is 12.0 Å². The Morgan fingerprint density at radius 1 is 1.20 bits per heavy atom. The van der Waals surface area contributed by atoms with E-state index in [1.807, 2.05) is 13.8 Å². The number of hydrogen-bond acceptors (Lipinski definition) is 3. The molecule has 0 bridgehead atoms. The standard InChI is InChI=1S/C14H26N2O4/c1-9(2)8-11(13(18)19)16-14(20)15-10-6-4-3-5-7-12(10)17/h9-12,17H,3-8H2,1-2H3,(H,18,19)(H2,15,16,20)/t10?,11-,12?/m0/s1. The van der Waals surface area contributed by atoms with Gasteiger partial charge in [-0.05, 0) is 25.2 Å². The van der Waals surface area contributed by atoms with Crippen LogP contribution in [0.5, 0.6) is 0 Å². The molecule has 0 spiro atoms.